The van der Waals surface area contributed by atoms with E-state index in [1.54, 1.807) is 6.08 Å². The summed E-state index contributed by atoms with van der Waals surface area (Å²) >= 11 is 0. The third-order valence-corrected chi connectivity index (χ3v) is 1.07. The van der Waals surface area contributed by atoms with Crippen LogP contribution in [0.1, 0.15) is 0 Å². The third kappa shape index (κ3) is 2.97. The van der Waals surface area contributed by atoms with Crippen LogP contribution in [0.15, 0.2) is 36.7 Å². The maximum absolute atomic E-state index is 5.22. The van der Waals surface area contributed by atoms with Crippen LogP contribution in [0.3, 0.4) is 0 Å². The predicted molar refractivity (Wildman–Crippen MR) is 45.3 cm³/mol. The van der Waals surface area contributed by atoms with Crippen molar-refractivity contribution in [1.82, 2.24) is 4.90 Å². The molecule has 0 aliphatic heterocycles. The third-order valence-electron chi connectivity index (χ3n) is 1.07. The Kier molecular flexibility index (Phi) is 4.12. The first-order valence-corrected chi connectivity index (χ1v) is 3.10. The lowest BCUT2D eigenvalue weighted by Gasteiger charge is -2.11. The molecule has 0 heterocycles. The molecule has 0 saturated carbocycles. The average Bonchev–Trinajstić information content (AvgIpc) is 1.87. The maximum atomic E-state index is 5.22. The average molecular weight is 138 g/mol. The normalized spacial score (nSPS) is 12.0. The quantitative estimate of drug-likeness (QED) is 0.591. The van der Waals surface area contributed by atoms with Gasteiger partial charge in [0, 0.05) is 19.8 Å². The van der Waals surface area contributed by atoms with Gasteiger partial charge in [-0.3, -0.25) is 0 Å². The minimum Gasteiger partial charge on any atom is -0.405 e. The van der Waals surface area contributed by atoms with E-state index in [1.807, 2.05) is 31.1 Å². The van der Waals surface area contributed by atoms with Gasteiger partial charge in [0.1, 0.15) is 0 Å². The Morgan fingerprint density at radius 1 is 1.50 bits per heavy atom. The molecule has 2 heteroatoms. The van der Waals surface area contributed by atoms with Crippen LogP contribution in [0.5, 0.6) is 0 Å². The first-order chi connectivity index (χ1) is 4.72. The van der Waals surface area contributed by atoms with Crippen molar-refractivity contribution in [2.75, 3.05) is 14.1 Å². The molecule has 0 spiro atoms. The fourth-order valence-corrected chi connectivity index (χ4v) is 0.573. The Labute approximate surface area is 62.3 Å². The Morgan fingerprint density at radius 2 is 2.10 bits per heavy atom. The first-order valence-electron chi connectivity index (χ1n) is 3.10. The molecule has 0 fully saturated rings. The first kappa shape index (κ1) is 8.82. The van der Waals surface area contributed by atoms with Crippen molar-refractivity contribution in [1.29, 1.82) is 0 Å². The summed E-state index contributed by atoms with van der Waals surface area (Å²) in [4.78, 5) is 1.96. The summed E-state index contributed by atoms with van der Waals surface area (Å²) in [5, 5.41) is 0. The summed E-state index contributed by atoms with van der Waals surface area (Å²) in [6.45, 7) is 3.59. The number of rotatable bonds is 3. The van der Waals surface area contributed by atoms with Crippen molar-refractivity contribution in [2.45, 2.75) is 0 Å². The van der Waals surface area contributed by atoms with Gasteiger partial charge in [-0.05, 0) is 18.4 Å². The van der Waals surface area contributed by atoms with Crippen molar-refractivity contribution >= 4 is 0 Å². The Hall–Kier alpha value is -1.18. The number of nitrogens with zero attached hydrogens (tertiary/aromatic N) is 1. The van der Waals surface area contributed by atoms with Crippen molar-refractivity contribution in [3.05, 3.63) is 36.7 Å². The summed E-state index contributed by atoms with van der Waals surface area (Å²) in [6, 6.07) is 0. The van der Waals surface area contributed by atoms with Crippen LogP contribution in [-0.4, -0.2) is 19.0 Å². The molecule has 0 radical (unpaired) electrons. The minimum atomic E-state index is 1.04. The van der Waals surface area contributed by atoms with Gasteiger partial charge in [0.05, 0.1) is 0 Å². The van der Waals surface area contributed by atoms with Gasteiger partial charge in [0.15, 0.2) is 0 Å². The number of likely N-dealkylation sites (N-methyl/N-ethyl adjacent to an activating group) is 1. The van der Waals surface area contributed by atoms with Crippen LogP contribution in [0.2, 0.25) is 0 Å². The van der Waals surface area contributed by atoms with Crippen LogP contribution < -0.4 is 5.73 Å². The molecule has 0 amide bonds. The topological polar surface area (TPSA) is 29.3 Å². The highest BCUT2D eigenvalue weighted by Crippen LogP contribution is 1.98. The Morgan fingerprint density at radius 3 is 2.40 bits per heavy atom. The SMILES string of the molecule is C=C/C=C(\C=C/N)N(C)C. The second-order valence-electron chi connectivity index (χ2n) is 2.08. The summed E-state index contributed by atoms with van der Waals surface area (Å²) in [5.41, 5.74) is 6.25. The van der Waals surface area contributed by atoms with Crippen LogP contribution in [0, 0.1) is 0 Å². The van der Waals surface area contributed by atoms with Crippen LogP contribution >= 0.6 is 0 Å². The molecular formula is C8H14N2. The van der Waals surface area contributed by atoms with E-state index in [9.17, 15) is 0 Å². The van der Waals surface area contributed by atoms with Gasteiger partial charge in [-0.25, -0.2) is 0 Å². The molecular weight excluding hydrogens is 124 g/mol. The fraction of sp³-hybridized carbons (Fsp3) is 0.250. The summed E-state index contributed by atoms with van der Waals surface area (Å²) in [7, 11) is 3.91. The zero-order valence-electron chi connectivity index (χ0n) is 6.54. The molecule has 0 aliphatic rings. The Bertz CT molecular complexity index is 155. The molecule has 56 valence electrons. The highest BCUT2D eigenvalue weighted by molar-refractivity contribution is 5.20. The molecule has 10 heavy (non-hydrogen) atoms. The van der Waals surface area contributed by atoms with Crippen molar-refractivity contribution in [3.8, 4) is 0 Å². The van der Waals surface area contributed by atoms with Gasteiger partial charge >= 0.3 is 0 Å². The smallest absolute Gasteiger partial charge is 0.0375 e. The molecule has 0 unspecified atom stereocenters. The molecule has 0 rings (SSSR count). The predicted octanol–water partition coefficient (Wildman–Crippen LogP) is 1.09. The van der Waals surface area contributed by atoms with Gasteiger partial charge in [0.2, 0.25) is 0 Å². The molecule has 2 N–H and O–H groups in total. The zero-order valence-corrected chi connectivity index (χ0v) is 6.54. The lowest BCUT2D eigenvalue weighted by Crippen LogP contribution is -2.09. The van der Waals surface area contributed by atoms with E-state index in [0.29, 0.717) is 0 Å². The van der Waals surface area contributed by atoms with Gasteiger partial charge < -0.3 is 10.6 Å². The number of allylic oxidation sites excluding steroid dienone is 3. The van der Waals surface area contributed by atoms with Crippen molar-refractivity contribution in [2.24, 2.45) is 5.73 Å². The molecule has 0 bridgehead atoms. The van der Waals surface area contributed by atoms with E-state index in [-0.39, 0.29) is 0 Å². The summed E-state index contributed by atoms with van der Waals surface area (Å²) < 4.78 is 0. The number of hydrogen-bond donors (Lipinski definition) is 1. The second kappa shape index (κ2) is 4.68. The van der Waals surface area contributed by atoms with E-state index >= 15 is 0 Å². The van der Waals surface area contributed by atoms with E-state index in [2.05, 4.69) is 6.58 Å². The van der Waals surface area contributed by atoms with Gasteiger partial charge in [-0.15, -0.1) is 0 Å². The molecule has 0 aliphatic carbocycles. The number of nitrogens with two attached hydrogens (primary N) is 1. The molecule has 0 aromatic rings. The van der Waals surface area contributed by atoms with E-state index in [0.717, 1.165) is 5.70 Å². The molecule has 0 aromatic heterocycles. The van der Waals surface area contributed by atoms with Crippen molar-refractivity contribution in [3.63, 3.8) is 0 Å². The summed E-state index contributed by atoms with van der Waals surface area (Å²) in [5.74, 6) is 0. The van der Waals surface area contributed by atoms with E-state index < -0.39 is 0 Å². The largest absolute Gasteiger partial charge is 0.405 e. The van der Waals surface area contributed by atoms with Gasteiger partial charge in [-0.2, -0.15) is 0 Å². The minimum absolute atomic E-state index is 1.04. The Balaban J connectivity index is 4.25. The zero-order chi connectivity index (χ0) is 7.98. The van der Waals surface area contributed by atoms with Crippen LogP contribution in [0.4, 0.5) is 0 Å². The maximum Gasteiger partial charge on any atom is 0.0375 e. The molecule has 2 nitrogen and oxygen atoms in total. The van der Waals surface area contributed by atoms with Crippen LogP contribution in [-0.2, 0) is 0 Å². The van der Waals surface area contributed by atoms with E-state index in [1.165, 1.54) is 6.20 Å². The van der Waals surface area contributed by atoms with Crippen LogP contribution in [0.25, 0.3) is 0 Å². The van der Waals surface area contributed by atoms with Crippen molar-refractivity contribution < 1.29 is 0 Å². The monoisotopic (exact) mass is 138 g/mol. The standard InChI is InChI=1S/C8H14N2/c1-4-5-8(6-7-9)10(2)3/h4-7H,1,9H2,2-3H3/b7-6-,8-5+. The van der Waals surface area contributed by atoms with Gasteiger partial charge in [0.25, 0.3) is 0 Å². The second-order valence-corrected chi connectivity index (χ2v) is 2.08. The van der Waals surface area contributed by atoms with Gasteiger partial charge in [-0.1, -0.05) is 12.7 Å². The molecule has 0 atom stereocenters. The number of hydrogen-bond acceptors (Lipinski definition) is 2. The highest BCUT2D eigenvalue weighted by Gasteiger charge is 1.89. The fourth-order valence-electron chi connectivity index (χ4n) is 0.573. The van der Waals surface area contributed by atoms with E-state index in [4.69, 9.17) is 5.73 Å². The highest BCUT2D eigenvalue weighted by atomic mass is 15.1. The summed E-state index contributed by atoms with van der Waals surface area (Å²) in [6.07, 6.45) is 6.95. The molecule has 0 saturated heterocycles. The molecule has 0 aromatic carbocycles. The lowest BCUT2D eigenvalue weighted by atomic mass is 10.3. The lowest BCUT2D eigenvalue weighted by molar-refractivity contribution is 0.530.